The number of piperidine rings is 1. The first-order chi connectivity index (χ1) is 10.1. The minimum absolute atomic E-state index is 0.280. The summed E-state index contributed by atoms with van der Waals surface area (Å²) in [5.74, 6) is 0. The van der Waals surface area contributed by atoms with Crippen molar-refractivity contribution in [3.63, 3.8) is 0 Å². The summed E-state index contributed by atoms with van der Waals surface area (Å²) >= 11 is 0. The molecule has 3 rings (SSSR count). The van der Waals surface area contributed by atoms with Crippen molar-refractivity contribution in [1.82, 2.24) is 10.2 Å². The Hall–Kier alpha value is -0.120. The highest BCUT2D eigenvalue weighted by Crippen LogP contribution is 2.41. The van der Waals surface area contributed by atoms with E-state index in [9.17, 15) is 0 Å². The van der Waals surface area contributed by atoms with Gasteiger partial charge in [0.05, 0.1) is 11.7 Å². The SMILES string of the molecule is CN1CCC(C)(CNCC2CCC3(CCCCC3)O2)CC1. The number of likely N-dealkylation sites (tertiary alicyclic amines) is 1. The van der Waals surface area contributed by atoms with Crippen molar-refractivity contribution < 1.29 is 4.74 Å². The second-order valence-electron chi connectivity index (χ2n) is 8.27. The van der Waals surface area contributed by atoms with Gasteiger partial charge >= 0.3 is 0 Å². The molecule has 3 aliphatic rings. The zero-order chi connectivity index (χ0) is 14.8. The Labute approximate surface area is 130 Å². The molecule has 3 nitrogen and oxygen atoms in total. The summed E-state index contributed by atoms with van der Waals surface area (Å²) in [5.41, 5.74) is 0.774. The average Bonchev–Trinajstić information content (AvgIpc) is 2.86. The van der Waals surface area contributed by atoms with Gasteiger partial charge in [-0.15, -0.1) is 0 Å². The van der Waals surface area contributed by atoms with Crippen molar-refractivity contribution in [3.8, 4) is 0 Å². The minimum Gasteiger partial charge on any atom is -0.370 e. The molecule has 2 heterocycles. The summed E-state index contributed by atoms with van der Waals surface area (Å²) in [5, 5.41) is 3.73. The van der Waals surface area contributed by atoms with Crippen LogP contribution in [0.4, 0.5) is 0 Å². The van der Waals surface area contributed by atoms with E-state index in [1.54, 1.807) is 0 Å². The van der Waals surface area contributed by atoms with Crippen LogP contribution in [0.15, 0.2) is 0 Å². The van der Waals surface area contributed by atoms with Crippen molar-refractivity contribution in [2.75, 3.05) is 33.2 Å². The van der Waals surface area contributed by atoms with Crippen LogP contribution in [0, 0.1) is 5.41 Å². The fourth-order valence-corrected chi connectivity index (χ4v) is 4.47. The zero-order valence-corrected chi connectivity index (χ0v) is 14.1. The van der Waals surface area contributed by atoms with Gasteiger partial charge in [0, 0.05) is 13.1 Å². The lowest BCUT2D eigenvalue weighted by atomic mass is 9.80. The molecule has 2 aliphatic heterocycles. The highest BCUT2D eigenvalue weighted by molar-refractivity contribution is 4.92. The predicted octanol–water partition coefficient (Wildman–Crippen LogP) is 3.19. The van der Waals surface area contributed by atoms with Crippen molar-refractivity contribution in [2.45, 2.75) is 76.4 Å². The van der Waals surface area contributed by atoms with Crippen LogP contribution in [0.3, 0.4) is 0 Å². The second-order valence-corrected chi connectivity index (χ2v) is 8.27. The van der Waals surface area contributed by atoms with Gasteiger partial charge in [-0.25, -0.2) is 0 Å². The highest BCUT2D eigenvalue weighted by atomic mass is 16.5. The molecule has 3 fully saturated rings. The molecule has 0 aromatic heterocycles. The molecule has 2 saturated heterocycles. The first-order valence-corrected chi connectivity index (χ1v) is 9.16. The van der Waals surface area contributed by atoms with E-state index in [2.05, 4.69) is 24.2 Å². The molecular weight excluding hydrogens is 260 g/mol. The van der Waals surface area contributed by atoms with E-state index >= 15 is 0 Å². The molecule has 0 bridgehead atoms. The maximum absolute atomic E-state index is 6.46. The maximum Gasteiger partial charge on any atom is 0.0708 e. The molecule has 1 atom stereocenters. The normalized spacial score (nSPS) is 32.6. The summed E-state index contributed by atoms with van der Waals surface area (Å²) < 4.78 is 6.46. The summed E-state index contributed by atoms with van der Waals surface area (Å²) in [7, 11) is 2.24. The number of hydrogen-bond donors (Lipinski definition) is 1. The maximum atomic E-state index is 6.46. The standard InChI is InChI=1S/C18H34N2O/c1-17(10-12-20(2)13-11-17)15-19-14-16-6-9-18(21-16)7-4-3-5-8-18/h16,19H,3-15H2,1-2H3. The van der Waals surface area contributed by atoms with Gasteiger partial charge in [-0.05, 0) is 64.1 Å². The Bertz CT molecular complexity index is 330. The third-order valence-electron chi connectivity index (χ3n) is 6.22. The van der Waals surface area contributed by atoms with Gasteiger partial charge in [-0.1, -0.05) is 26.2 Å². The van der Waals surface area contributed by atoms with Crippen molar-refractivity contribution >= 4 is 0 Å². The molecule has 0 aromatic carbocycles. The fourth-order valence-electron chi connectivity index (χ4n) is 4.47. The van der Waals surface area contributed by atoms with Crippen molar-refractivity contribution in [3.05, 3.63) is 0 Å². The van der Waals surface area contributed by atoms with Gasteiger partial charge < -0.3 is 15.0 Å². The van der Waals surface area contributed by atoms with E-state index in [1.165, 1.54) is 70.9 Å². The van der Waals surface area contributed by atoms with Crippen molar-refractivity contribution in [2.24, 2.45) is 5.41 Å². The van der Waals surface area contributed by atoms with Gasteiger partial charge in [0.25, 0.3) is 0 Å². The molecule has 1 unspecified atom stereocenters. The highest BCUT2D eigenvalue weighted by Gasteiger charge is 2.40. The Morgan fingerprint density at radius 1 is 1.05 bits per heavy atom. The first-order valence-electron chi connectivity index (χ1n) is 9.16. The van der Waals surface area contributed by atoms with E-state index in [1.807, 2.05) is 0 Å². The first kappa shape index (κ1) is 15.8. The third-order valence-corrected chi connectivity index (χ3v) is 6.22. The molecule has 0 radical (unpaired) electrons. The number of ether oxygens (including phenoxy) is 1. The quantitative estimate of drug-likeness (QED) is 0.862. The lowest BCUT2D eigenvalue weighted by Crippen LogP contribution is -2.43. The molecule has 1 saturated carbocycles. The van der Waals surface area contributed by atoms with Crippen LogP contribution >= 0.6 is 0 Å². The van der Waals surface area contributed by atoms with Gasteiger partial charge in [0.2, 0.25) is 0 Å². The Kier molecular flexibility index (Phi) is 4.92. The van der Waals surface area contributed by atoms with Crippen LogP contribution in [0.25, 0.3) is 0 Å². The van der Waals surface area contributed by atoms with Gasteiger partial charge in [-0.3, -0.25) is 0 Å². The number of nitrogens with zero attached hydrogens (tertiary/aromatic N) is 1. The Morgan fingerprint density at radius 3 is 2.48 bits per heavy atom. The summed E-state index contributed by atoms with van der Waals surface area (Å²) in [6.45, 7) is 7.18. The molecule has 122 valence electrons. The van der Waals surface area contributed by atoms with Crippen LogP contribution in [0.5, 0.6) is 0 Å². The van der Waals surface area contributed by atoms with Gasteiger partial charge in [0.15, 0.2) is 0 Å². The molecule has 3 heteroatoms. The summed E-state index contributed by atoms with van der Waals surface area (Å²) in [6.07, 6.45) is 12.5. The minimum atomic E-state index is 0.280. The lowest BCUT2D eigenvalue weighted by molar-refractivity contribution is -0.0629. The molecule has 1 aliphatic carbocycles. The predicted molar refractivity (Wildman–Crippen MR) is 87.6 cm³/mol. The molecule has 1 spiro atoms. The van der Waals surface area contributed by atoms with Crippen LogP contribution in [0.1, 0.15) is 64.7 Å². The lowest BCUT2D eigenvalue weighted by Gasteiger charge is -2.38. The smallest absolute Gasteiger partial charge is 0.0708 e. The second kappa shape index (κ2) is 6.55. The van der Waals surface area contributed by atoms with Crippen LogP contribution in [0.2, 0.25) is 0 Å². The molecule has 0 aromatic rings. The molecular formula is C18H34N2O. The third kappa shape index (κ3) is 4.00. The zero-order valence-electron chi connectivity index (χ0n) is 14.1. The number of nitrogens with one attached hydrogen (secondary N) is 1. The summed E-state index contributed by atoms with van der Waals surface area (Å²) in [6, 6.07) is 0. The van der Waals surface area contributed by atoms with Crippen LogP contribution in [-0.4, -0.2) is 49.8 Å². The Balaban J connectivity index is 1.38. The Morgan fingerprint density at radius 2 is 1.76 bits per heavy atom. The number of hydrogen-bond acceptors (Lipinski definition) is 3. The van der Waals surface area contributed by atoms with Crippen LogP contribution < -0.4 is 5.32 Å². The fraction of sp³-hybridized carbons (Fsp3) is 1.00. The molecule has 1 N–H and O–H groups in total. The van der Waals surface area contributed by atoms with E-state index in [0.29, 0.717) is 11.5 Å². The topological polar surface area (TPSA) is 24.5 Å². The number of rotatable bonds is 4. The average molecular weight is 294 g/mol. The van der Waals surface area contributed by atoms with E-state index in [-0.39, 0.29) is 5.60 Å². The molecule has 21 heavy (non-hydrogen) atoms. The molecule has 0 amide bonds. The largest absolute Gasteiger partial charge is 0.370 e. The van der Waals surface area contributed by atoms with Gasteiger partial charge in [-0.2, -0.15) is 0 Å². The van der Waals surface area contributed by atoms with Crippen molar-refractivity contribution in [1.29, 1.82) is 0 Å². The monoisotopic (exact) mass is 294 g/mol. The van der Waals surface area contributed by atoms with Gasteiger partial charge in [0.1, 0.15) is 0 Å². The van der Waals surface area contributed by atoms with E-state index in [4.69, 9.17) is 4.74 Å². The van der Waals surface area contributed by atoms with E-state index < -0.39 is 0 Å². The summed E-state index contributed by atoms with van der Waals surface area (Å²) in [4.78, 5) is 2.45. The van der Waals surface area contributed by atoms with Crippen LogP contribution in [-0.2, 0) is 4.74 Å². The van der Waals surface area contributed by atoms with E-state index in [0.717, 1.165) is 13.1 Å².